The molecular formula is C10H9ClN2O. The van der Waals surface area contributed by atoms with E-state index in [9.17, 15) is 0 Å². The smallest absolute Gasteiger partial charge is 0.130 e. The summed E-state index contributed by atoms with van der Waals surface area (Å²) in [6.45, 7) is 0.496. The van der Waals surface area contributed by atoms with E-state index in [1.54, 1.807) is 6.20 Å². The Balaban J connectivity index is 2.43. The Hall–Kier alpha value is -1.35. The normalized spacial score (nSPS) is 10.4. The van der Waals surface area contributed by atoms with E-state index in [2.05, 4.69) is 9.97 Å². The lowest BCUT2D eigenvalue weighted by Gasteiger charge is -2.06. The Bertz CT molecular complexity index is 428. The summed E-state index contributed by atoms with van der Waals surface area (Å²) in [6.07, 6.45) is 3.26. The van der Waals surface area contributed by atoms with E-state index in [1.165, 1.54) is 6.33 Å². The zero-order chi connectivity index (χ0) is 9.80. The molecule has 1 aromatic carbocycles. The highest BCUT2D eigenvalue weighted by molar-refractivity contribution is 6.18. The Kier molecular flexibility index (Phi) is 2.79. The Morgan fingerprint density at radius 1 is 1.36 bits per heavy atom. The van der Waals surface area contributed by atoms with Crippen LogP contribution < -0.4 is 4.74 Å². The van der Waals surface area contributed by atoms with Gasteiger partial charge >= 0.3 is 0 Å². The van der Waals surface area contributed by atoms with E-state index in [4.69, 9.17) is 16.3 Å². The lowest BCUT2D eigenvalue weighted by atomic mass is 10.2. The molecule has 3 nitrogen and oxygen atoms in total. The van der Waals surface area contributed by atoms with Crippen LogP contribution in [-0.2, 0) is 0 Å². The molecule has 0 fully saturated rings. The van der Waals surface area contributed by atoms with Gasteiger partial charge in [-0.05, 0) is 12.1 Å². The maximum Gasteiger partial charge on any atom is 0.130 e. The SMILES string of the molecule is ClCCOc1cccc2ncncc12. The number of rotatable bonds is 3. The first kappa shape index (κ1) is 9.21. The molecule has 0 spiro atoms. The molecule has 0 radical (unpaired) electrons. The van der Waals surface area contributed by atoms with Gasteiger partial charge in [0, 0.05) is 6.20 Å². The fourth-order valence-corrected chi connectivity index (χ4v) is 1.33. The van der Waals surface area contributed by atoms with Crippen LogP contribution in [0.3, 0.4) is 0 Å². The average Bonchev–Trinajstić information content (AvgIpc) is 2.26. The molecule has 0 N–H and O–H groups in total. The molecule has 0 saturated carbocycles. The van der Waals surface area contributed by atoms with Crippen molar-refractivity contribution < 1.29 is 4.74 Å². The van der Waals surface area contributed by atoms with Crippen LogP contribution in [-0.4, -0.2) is 22.5 Å². The highest BCUT2D eigenvalue weighted by Crippen LogP contribution is 2.22. The van der Waals surface area contributed by atoms with Crippen LogP contribution in [0.15, 0.2) is 30.7 Å². The number of nitrogens with zero attached hydrogens (tertiary/aromatic N) is 2. The first-order valence-electron chi connectivity index (χ1n) is 4.29. The van der Waals surface area contributed by atoms with Gasteiger partial charge in [-0.2, -0.15) is 0 Å². The Morgan fingerprint density at radius 3 is 3.14 bits per heavy atom. The molecule has 0 saturated heterocycles. The van der Waals surface area contributed by atoms with Crippen molar-refractivity contribution in [2.45, 2.75) is 0 Å². The summed E-state index contributed by atoms with van der Waals surface area (Å²) in [4.78, 5) is 8.08. The monoisotopic (exact) mass is 208 g/mol. The minimum Gasteiger partial charge on any atom is -0.492 e. The third kappa shape index (κ3) is 1.77. The van der Waals surface area contributed by atoms with Crippen molar-refractivity contribution in [1.29, 1.82) is 0 Å². The maximum absolute atomic E-state index is 5.55. The van der Waals surface area contributed by atoms with E-state index < -0.39 is 0 Å². The van der Waals surface area contributed by atoms with Crippen molar-refractivity contribution in [3.05, 3.63) is 30.7 Å². The van der Waals surface area contributed by atoms with Crippen LogP contribution in [0.5, 0.6) is 5.75 Å². The van der Waals surface area contributed by atoms with Crippen molar-refractivity contribution in [3.63, 3.8) is 0 Å². The number of aromatic nitrogens is 2. The summed E-state index contributed by atoms with van der Waals surface area (Å²) in [5.41, 5.74) is 0.882. The van der Waals surface area contributed by atoms with Gasteiger partial charge in [-0.3, -0.25) is 0 Å². The van der Waals surface area contributed by atoms with Crippen LogP contribution >= 0.6 is 11.6 Å². The van der Waals surface area contributed by atoms with E-state index in [0.29, 0.717) is 12.5 Å². The molecular weight excluding hydrogens is 200 g/mol. The van der Waals surface area contributed by atoms with Crippen LogP contribution in [0.2, 0.25) is 0 Å². The molecule has 0 amide bonds. The second-order valence-electron chi connectivity index (χ2n) is 2.75. The molecule has 0 aliphatic heterocycles. The van der Waals surface area contributed by atoms with Gasteiger partial charge in [0.15, 0.2) is 0 Å². The maximum atomic E-state index is 5.55. The summed E-state index contributed by atoms with van der Waals surface area (Å²) >= 11 is 5.55. The van der Waals surface area contributed by atoms with E-state index in [0.717, 1.165) is 16.7 Å². The molecule has 4 heteroatoms. The first-order chi connectivity index (χ1) is 6.92. The van der Waals surface area contributed by atoms with E-state index in [-0.39, 0.29) is 0 Å². The third-order valence-corrected chi connectivity index (χ3v) is 2.00. The van der Waals surface area contributed by atoms with Crippen molar-refractivity contribution >= 4 is 22.5 Å². The summed E-state index contributed by atoms with van der Waals surface area (Å²) in [5.74, 6) is 1.26. The number of benzene rings is 1. The Labute approximate surface area is 86.7 Å². The summed E-state index contributed by atoms with van der Waals surface area (Å²) in [5, 5.41) is 0.917. The number of ether oxygens (including phenoxy) is 1. The van der Waals surface area contributed by atoms with Crippen molar-refractivity contribution in [3.8, 4) is 5.75 Å². The standard InChI is InChI=1S/C10H9ClN2O/c11-4-5-14-10-3-1-2-9-8(10)6-12-7-13-9/h1-3,6-7H,4-5H2. The van der Waals surface area contributed by atoms with Crippen molar-refractivity contribution in [2.24, 2.45) is 0 Å². The fraction of sp³-hybridized carbons (Fsp3) is 0.200. The predicted molar refractivity (Wildman–Crippen MR) is 55.8 cm³/mol. The summed E-state index contributed by atoms with van der Waals surface area (Å²) in [6, 6.07) is 5.71. The minimum atomic E-state index is 0.476. The number of hydrogen-bond donors (Lipinski definition) is 0. The molecule has 0 atom stereocenters. The van der Waals surface area contributed by atoms with Crippen molar-refractivity contribution in [1.82, 2.24) is 9.97 Å². The molecule has 0 aliphatic carbocycles. The van der Waals surface area contributed by atoms with Gasteiger partial charge in [0.1, 0.15) is 18.7 Å². The van der Waals surface area contributed by atoms with Crippen LogP contribution in [0.1, 0.15) is 0 Å². The second-order valence-corrected chi connectivity index (χ2v) is 3.13. The molecule has 2 aromatic rings. The van der Waals surface area contributed by atoms with Crippen LogP contribution in [0, 0.1) is 0 Å². The van der Waals surface area contributed by atoms with Crippen molar-refractivity contribution in [2.75, 3.05) is 12.5 Å². The summed E-state index contributed by atoms with van der Waals surface area (Å²) in [7, 11) is 0. The minimum absolute atomic E-state index is 0.476. The van der Waals surface area contributed by atoms with E-state index >= 15 is 0 Å². The van der Waals surface area contributed by atoms with Gasteiger partial charge in [0.25, 0.3) is 0 Å². The fourth-order valence-electron chi connectivity index (χ4n) is 1.25. The van der Waals surface area contributed by atoms with Crippen LogP contribution in [0.25, 0.3) is 10.9 Å². The molecule has 1 heterocycles. The Morgan fingerprint density at radius 2 is 2.29 bits per heavy atom. The number of hydrogen-bond acceptors (Lipinski definition) is 3. The largest absolute Gasteiger partial charge is 0.492 e. The number of fused-ring (bicyclic) bond motifs is 1. The lowest BCUT2D eigenvalue weighted by Crippen LogP contribution is -1.98. The highest BCUT2D eigenvalue weighted by Gasteiger charge is 2.01. The first-order valence-corrected chi connectivity index (χ1v) is 4.83. The van der Waals surface area contributed by atoms with Crippen LogP contribution in [0.4, 0.5) is 0 Å². The third-order valence-electron chi connectivity index (χ3n) is 1.84. The highest BCUT2D eigenvalue weighted by atomic mass is 35.5. The number of alkyl halides is 1. The molecule has 0 aliphatic rings. The topological polar surface area (TPSA) is 35.0 Å². The van der Waals surface area contributed by atoms with Gasteiger partial charge in [-0.1, -0.05) is 6.07 Å². The lowest BCUT2D eigenvalue weighted by molar-refractivity contribution is 0.347. The average molecular weight is 209 g/mol. The zero-order valence-corrected chi connectivity index (χ0v) is 8.24. The zero-order valence-electron chi connectivity index (χ0n) is 7.48. The molecule has 72 valence electrons. The quantitative estimate of drug-likeness (QED) is 0.726. The van der Waals surface area contributed by atoms with Gasteiger partial charge in [-0.25, -0.2) is 9.97 Å². The van der Waals surface area contributed by atoms with Gasteiger partial charge < -0.3 is 4.74 Å². The molecule has 0 bridgehead atoms. The second kappa shape index (κ2) is 4.24. The molecule has 2 rings (SSSR count). The van der Waals surface area contributed by atoms with Gasteiger partial charge in [-0.15, -0.1) is 11.6 Å². The van der Waals surface area contributed by atoms with E-state index in [1.807, 2.05) is 18.2 Å². The molecule has 14 heavy (non-hydrogen) atoms. The summed E-state index contributed by atoms with van der Waals surface area (Å²) < 4.78 is 5.46. The van der Waals surface area contributed by atoms with Gasteiger partial charge in [0.05, 0.1) is 16.8 Å². The number of halogens is 1. The molecule has 1 aromatic heterocycles. The predicted octanol–water partition coefficient (Wildman–Crippen LogP) is 2.25. The van der Waals surface area contributed by atoms with Gasteiger partial charge in [0.2, 0.25) is 0 Å². The molecule has 0 unspecified atom stereocenters.